The van der Waals surface area contributed by atoms with E-state index in [9.17, 15) is 14.4 Å². The Balaban J connectivity index is 1.61. The molecule has 0 aliphatic carbocycles. The molecule has 2 amide bonds. The molecule has 3 aromatic carbocycles. The van der Waals surface area contributed by atoms with E-state index in [0.29, 0.717) is 16.9 Å². The van der Waals surface area contributed by atoms with Gasteiger partial charge in [-0.1, -0.05) is 66.7 Å². The third-order valence-corrected chi connectivity index (χ3v) is 4.54. The summed E-state index contributed by atoms with van der Waals surface area (Å²) in [6.07, 6.45) is 0. The van der Waals surface area contributed by atoms with Crippen LogP contribution in [0.2, 0.25) is 0 Å². The summed E-state index contributed by atoms with van der Waals surface area (Å²) in [5.74, 6) is -3.19. The fraction of sp³-hybridized carbons (Fsp3) is 0.0455. The first kappa shape index (κ1) is 16.7. The lowest BCUT2D eigenvalue weighted by atomic mass is 9.95. The van der Waals surface area contributed by atoms with Crippen LogP contribution in [-0.4, -0.2) is 17.6 Å². The highest BCUT2D eigenvalue weighted by atomic mass is 16.2. The van der Waals surface area contributed by atoms with Gasteiger partial charge < -0.3 is 10.6 Å². The summed E-state index contributed by atoms with van der Waals surface area (Å²) < 4.78 is 0. The van der Waals surface area contributed by atoms with E-state index in [4.69, 9.17) is 0 Å². The lowest BCUT2D eigenvalue weighted by molar-refractivity contribution is -0.138. The van der Waals surface area contributed by atoms with Gasteiger partial charge in [0.25, 0.3) is 5.91 Å². The van der Waals surface area contributed by atoms with E-state index >= 15 is 0 Å². The number of anilines is 2. The van der Waals surface area contributed by atoms with Gasteiger partial charge in [-0.05, 0) is 23.3 Å². The highest BCUT2D eigenvalue weighted by Crippen LogP contribution is 2.33. The third kappa shape index (κ3) is 3.11. The van der Waals surface area contributed by atoms with Crippen molar-refractivity contribution in [2.24, 2.45) is 0 Å². The number of carbonyl (C=O) groups excluding carboxylic acids is 3. The van der Waals surface area contributed by atoms with Crippen molar-refractivity contribution >= 4 is 29.0 Å². The average molecular weight is 356 g/mol. The van der Waals surface area contributed by atoms with Crippen LogP contribution in [0.1, 0.15) is 11.5 Å². The summed E-state index contributed by atoms with van der Waals surface area (Å²) in [6.45, 7) is 0. The number of hydrogen-bond acceptors (Lipinski definition) is 3. The van der Waals surface area contributed by atoms with Crippen molar-refractivity contribution < 1.29 is 14.4 Å². The topological polar surface area (TPSA) is 75.3 Å². The van der Waals surface area contributed by atoms with E-state index in [2.05, 4.69) is 10.6 Å². The normalized spacial score (nSPS) is 15.0. The lowest BCUT2D eigenvalue weighted by Gasteiger charge is -2.12. The first-order valence-electron chi connectivity index (χ1n) is 8.54. The maximum absolute atomic E-state index is 12.7. The van der Waals surface area contributed by atoms with Crippen LogP contribution in [0.4, 0.5) is 11.4 Å². The summed E-state index contributed by atoms with van der Waals surface area (Å²) in [7, 11) is 0. The van der Waals surface area contributed by atoms with Crippen molar-refractivity contribution in [2.45, 2.75) is 5.92 Å². The second kappa shape index (κ2) is 6.88. The molecule has 132 valence electrons. The highest BCUT2D eigenvalue weighted by molar-refractivity contribution is 6.47. The molecule has 0 spiro atoms. The number of rotatable bonds is 4. The number of nitrogens with one attached hydrogen (secondary N) is 2. The Morgan fingerprint density at radius 2 is 1.48 bits per heavy atom. The van der Waals surface area contributed by atoms with E-state index < -0.39 is 23.5 Å². The molecule has 0 saturated carbocycles. The molecule has 5 nitrogen and oxygen atoms in total. The largest absolute Gasteiger partial charge is 0.325 e. The zero-order chi connectivity index (χ0) is 18.8. The zero-order valence-corrected chi connectivity index (χ0v) is 14.3. The molecule has 0 saturated heterocycles. The van der Waals surface area contributed by atoms with Crippen LogP contribution in [-0.2, 0) is 14.4 Å². The number of carbonyl (C=O) groups is 3. The molecule has 1 heterocycles. The molecular weight excluding hydrogens is 340 g/mol. The van der Waals surface area contributed by atoms with Gasteiger partial charge in [-0.15, -0.1) is 0 Å². The van der Waals surface area contributed by atoms with Crippen LogP contribution in [0.15, 0.2) is 78.9 Å². The Morgan fingerprint density at radius 1 is 0.815 bits per heavy atom. The molecule has 0 bridgehead atoms. The molecule has 1 aliphatic heterocycles. The van der Waals surface area contributed by atoms with Gasteiger partial charge in [0, 0.05) is 16.9 Å². The van der Waals surface area contributed by atoms with E-state index in [1.165, 1.54) is 0 Å². The molecule has 3 aromatic rings. The van der Waals surface area contributed by atoms with Crippen molar-refractivity contribution in [3.63, 3.8) is 0 Å². The summed E-state index contributed by atoms with van der Waals surface area (Å²) >= 11 is 0. The average Bonchev–Trinajstić information content (AvgIpc) is 3.04. The molecule has 1 atom stereocenters. The predicted molar refractivity (Wildman–Crippen MR) is 103 cm³/mol. The molecule has 2 N–H and O–H groups in total. The lowest BCUT2D eigenvalue weighted by Crippen LogP contribution is -2.32. The van der Waals surface area contributed by atoms with Crippen LogP contribution < -0.4 is 10.6 Å². The maximum Gasteiger partial charge on any atom is 0.292 e. The van der Waals surface area contributed by atoms with Gasteiger partial charge in [0.15, 0.2) is 0 Å². The molecule has 27 heavy (non-hydrogen) atoms. The van der Waals surface area contributed by atoms with Crippen molar-refractivity contribution in [3.05, 3.63) is 84.4 Å². The summed E-state index contributed by atoms with van der Waals surface area (Å²) in [5, 5.41) is 5.31. The smallest absolute Gasteiger partial charge is 0.292 e. The van der Waals surface area contributed by atoms with E-state index in [1.54, 1.807) is 36.4 Å². The maximum atomic E-state index is 12.7. The molecular formula is C22H16N2O3. The first-order valence-corrected chi connectivity index (χ1v) is 8.54. The Bertz CT molecular complexity index is 1040. The number of benzene rings is 3. The van der Waals surface area contributed by atoms with Gasteiger partial charge in [-0.2, -0.15) is 0 Å². The Hall–Kier alpha value is -3.73. The molecule has 0 radical (unpaired) electrons. The van der Waals surface area contributed by atoms with Crippen LogP contribution in [0, 0.1) is 0 Å². The fourth-order valence-corrected chi connectivity index (χ4v) is 3.25. The molecule has 4 rings (SSSR count). The van der Waals surface area contributed by atoms with Crippen molar-refractivity contribution in [1.29, 1.82) is 0 Å². The second-order valence-electron chi connectivity index (χ2n) is 6.24. The Labute approximate surface area is 156 Å². The van der Waals surface area contributed by atoms with E-state index in [-0.39, 0.29) is 0 Å². The fourth-order valence-electron chi connectivity index (χ4n) is 3.25. The third-order valence-electron chi connectivity index (χ3n) is 4.54. The minimum Gasteiger partial charge on any atom is -0.325 e. The number of para-hydroxylation sites is 2. The monoisotopic (exact) mass is 356 g/mol. The summed E-state index contributed by atoms with van der Waals surface area (Å²) in [4.78, 5) is 37.5. The van der Waals surface area contributed by atoms with Gasteiger partial charge in [0.1, 0.15) is 5.92 Å². The number of hydrogen-bond donors (Lipinski definition) is 2. The molecule has 5 heteroatoms. The van der Waals surface area contributed by atoms with Gasteiger partial charge in [-0.25, -0.2) is 0 Å². The predicted octanol–water partition coefficient (Wildman–Crippen LogP) is 3.60. The van der Waals surface area contributed by atoms with Gasteiger partial charge in [0.05, 0.1) is 0 Å². The molecule has 1 aliphatic rings. The van der Waals surface area contributed by atoms with Crippen LogP contribution >= 0.6 is 0 Å². The summed E-state index contributed by atoms with van der Waals surface area (Å²) in [6, 6.07) is 23.7. The standard InChI is InChI=1S/C22H16N2O3/c25-20(19-16-11-5-7-13-18(16)23-21(19)26)22(27)24-17-12-6-4-10-15(17)14-8-2-1-3-9-14/h1-13,19H,(H,23,26)(H,24,27). The van der Waals surface area contributed by atoms with Crippen molar-refractivity contribution in [3.8, 4) is 11.1 Å². The zero-order valence-electron chi connectivity index (χ0n) is 14.3. The van der Waals surface area contributed by atoms with Crippen molar-refractivity contribution in [1.82, 2.24) is 0 Å². The quantitative estimate of drug-likeness (QED) is 0.554. The van der Waals surface area contributed by atoms with Crippen LogP contribution in [0.5, 0.6) is 0 Å². The first-order chi connectivity index (χ1) is 13.1. The number of Topliss-reactive ketones (excluding diaryl/α,β-unsaturated/α-hetero) is 1. The van der Waals surface area contributed by atoms with Gasteiger partial charge >= 0.3 is 0 Å². The van der Waals surface area contributed by atoms with Crippen LogP contribution in [0.25, 0.3) is 11.1 Å². The SMILES string of the molecule is O=C(Nc1ccccc1-c1ccccc1)C(=O)C1C(=O)Nc2ccccc21. The molecule has 0 aromatic heterocycles. The minimum absolute atomic E-state index is 0.479. The number of amides is 2. The Kier molecular flexibility index (Phi) is 4.26. The highest BCUT2D eigenvalue weighted by Gasteiger charge is 2.39. The van der Waals surface area contributed by atoms with Gasteiger partial charge in [-0.3, -0.25) is 14.4 Å². The second-order valence-corrected chi connectivity index (χ2v) is 6.24. The molecule has 0 fully saturated rings. The van der Waals surface area contributed by atoms with E-state index in [1.807, 2.05) is 42.5 Å². The Morgan fingerprint density at radius 3 is 2.30 bits per heavy atom. The minimum atomic E-state index is -1.12. The summed E-state index contributed by atoms with van der Waals surface area (Å²) in [5.41, 5.74) is 3.34. The molecule has 1 unspecified atom stereocenters. The van der Waals surface area contributed by atoms with Crippen LogP contribution in [0.3, 0.4) is 0 Å². The number of ketones is 1. The number of fused-ring (bicyclic) bond motifs is 1. The van der Waals surface area contributed by atoms with E-state index in [0.717, 1.165) is 11.1 Å². The van der Waals surface area contributed by atoms with Gasteiger partial charge in [0.2, 0.25) is 11.7 Å². The van der Waals surface area contributed by atoms with Crippen molar-refractivity contribution in [2.75, 3.05) is 10.6 Å².